The number of hydrogen-bond donors (Lipinski definition) is 1. The van der Waals surface area contributed by atoms with Crippen molar-refractivity contribution in [3.63, 3.8) is 0 Å². The van der Waals surface area contributed by atoms with Gasteiger partial charge in [-0.05, 0) is 42.3 Å². The summed E-state index contributed by atoms with van der Waals surface area (Å²) in [6.45, 7) is 1.77. The zero-order chi connectivity index (χ0) is 13.3. The van der Waals surface area contributed by atoms with E-state index in [9.17, 15) is 9.50 Å². The van der Waals surface area contributed by atoms with Crippen LogP contribution < -0.4 is 0 Å². The van der Waals surface area contributed by atoms with Gasteiger partial charge in [0.1, 0.15) is 11.9 Å². The van der Waals surface area contributed by atoms with Crippen molar-refractivity contribution in [2.75, 3.05) is 0 Å². The molecule has 0 aliphatic heterocycles. The normalized spacial score (nSPS) is 12.5. The molecule has 0 bridgehead atoms. The van der Waals surface area contributed by atoms with Gasteiger partial charge in [-0.3, -0.25) is 0 Å². The summed E-state index contributed by atoms with van der Waals surface area (Å²) >= 11 is 11.8. The molecular weight excluding hydrogens is 274 g/mol. The maximum Gasteiger partial charge on any atom is 0.123 e. The molecule has 2 aromatic rings. The number of aliphatic hydroxyl groups is 1. The Morgan fingerprint density at radius 3 is 2.44 bits per heavy atom. The molecule has 1 unspecified atom stereocenters. The molecule has 0 heterocycles. The predicted octanol–water partition coefficient (Wildman–Crippen LogP) is 4.52. The van der Waals surface area contributed by atoms with Gasteiger partial charge in [-0.25, -0.2) is 4.39 Å². The molecule has 0 aliphatic rings. The number of hydrogen-bond acceptors (Lipinski definition) is 1. The lowest BCUT2D eigenvalue weighted by atomic mass is 10.00. The highest BCUT2D eigenvalue weighted by molar-refractivity contribution is 6.35. The monoisotopic (exact) mass is 284 g/mol. The van der Waals surface area contributed by atoms with Crippen molar-refractivity contribution in [2.45, 2.75) is 13.0 Å². The summed E-state index contributed by atoms with van der Waals surface area (Å²) in [6.07, 6.45) is -0.968. The molecule has 18 heavy (non-hydrogen) atoms. The van der Waals surface area contributed by atoms with Crippen molar-refractivity contribution in [1.82, 2.24) is 0 Å². The van der Waals surface area contributed by atoms with Gasteiger partial charge in [0.25, 0.3) is 0 Å². The van der Waals surface area contributed by atoms with Crippen LogP contribution in [0.1, 0.15) is 22.8 Å². The molecule has 0 radical (unpaired) electrons. The molecule has 0 aromatic heterocycles. The van der Waals surface area contributed by atoms with Gasteiger partial charge < -0.3 is 5.11 Å². The van der Waals surface area contributed by atoms with Gasteiger partial charge in [0, 0.05) is 15.6 Å². The van der Waals surface area contributed by atoms with Crippen LogP contribution in [-0.2, 0) is 0 Å². The molecule has 0 amide bonds. The first-order chi connectivity index (χ1) is 8.47. The molecule has 0 fully saturated rings. The molecule has 0 saturated heterocycles. The van der Waals surface area contributed by atoms with Crippen molar-refractivity contribution in [2.24, 2.45) is 0 Å². The first-order valence-corrected chi connectivity index (χ1v) is 6.13. The molecule has 0 spiro atoms. The number of benzene rings is 2. The highest BCUT2D eigenvalue weighted by Gasteiger charge is 2.15. The second-order valence-electron chi connectivity index (χ2n) is 4.13. The Labute approximate surface area is 115 Å². The van der Waals surface area contributed by atoms with Crippen molar-refractivity contribution in [3.05, 3.63) is 69.0 Å². The largest absolute Gasteiger partial charge is 0.384 e. The third-order valence-electron chi connectivity index (χ3n) is 2.64. The Kier molecular flexibility index (Phi) is 3.91. The topological polar surface area (TPSA) is 20.2 Å². The molecule has 4 heteroatoms. The Balaban J connectivity index is 2.44. The lowest BCUT2D eigenvalue weighted by Crippen LogP contribution is -2.01. The molecule has 2 aromatic carbocycles. The van der Waals surface area contributed by atoms with Crippen LogP contribution >= 0.6 is 23.2 Å². The van der Waals surface area contributed by atoms with Crippen LogP contribution in [0.4, 0.5) is 4.39 Å². The summed E-state index contributed by atoms with van der Waals surface area (Å²) in [6, 6.07) is 9.24. The Bertz CT molecular complexity index is 564. The van der Waals surface area contributed by atoms with Crippen LogP contribution in [0.3, 0.4) is 0 Å². The van der Waals surface area contributed by atoms with Crippen LogP contribution in [0, 0.1) is 12.7 Å². The van der Waals surface area contributed by atoms with Gasteiger partial charge in [-0.2, -0.15) is 0 Å². The second-order valence-corrected chi connectivity index (χ2v) is 4.97. The smallest absolute Gasteiger partial charge is 0.123 e. The summed E-state index contributed by atoms with van der Waals surface area (Å²) in [4.78, 5) is 0. The zero-order valence-corrected chi connectivity index (χ0v) is 11.1. The fourth-order valence-corrected chi connectivity index (χ4v) is 2.34. The highest BCUT2D eigenvalue weighted by atomic mass is 35.5. The number of halogens is 3. The van der Waals surface area contributed by atoms with Gasteiger partial charge in [0.15, 0.2) is 0 Å². The fourth-order valence-electron chi connectivity index (χ4n) is 1.83. The van der Waals surface area contributed by atoms with Gasteiger partial charge in [0.2, 0.25) is 0 Å². The van der Waals surface area contributed by atoms with E-state index in [1.807, 2.05) is 0 Å². The molecule has 94 valence electrons. The second kappa shape index (κ2) is 5.27. The predicted molar refractivity (Wildman–Crippen MR) is 71.7 cm³/mol. The third-order valence-corrected chi connectivity index (χ3v) is 3.20. The summed E-state index contributed by atoms with van der Waals surface area (Å²) in [5, 5.41) is 11.1. The fraction of sp³-hybridized carbons (Fsp3) is 0.143. The van der Waals surface area contributed by atoms with Gasteiger partial charge in [0.05, 0.1) is 0 Å². The van der Waals surface area contributed by atoms with E-state index in [0.29, 0.717) is 21.2 Å². The van der Waals surface area contributed by atoms with E-state index in [4.69, 9.17) is 23.2 Å². The van der Waals surface area contributed by atoms with E-state index in [2.05, 4.69) is 0 Å². The summed E-state index contributed by atoms with van der Waals surface area (Å²) in [7, 11) is 0. The molecule has 2 rings (SSSR count). The third kappa shape index (κ3) is 2.83. The van der Waals surface area contributed by atoms with E-state index in [0.717, 1.165) is 5.56 Å². The minimum Gasteiger partial charge on any atom is -0.384 e. The summed E-state index contributed by atoms with van der Waals surface area (Å²) < 4.78 is 13.3. The van der Waals surface area contributed by atoms with Crippen LogP contribution in [-0.4, -0.2) is 5.11 Å². The van der Waals surface area contributed by atoms with Crippen molar-refractivity contribution < 1.29 is 9.50 Å². The molecule has 0 aliphatic carbocycles. The number of aliphatic hydroxyl groups excluding tert-OH is 1. The van der Waals surface area contributed by atoms with Crippen LogP contribution in [0.2, 0.25) is 10.0 Å². The van der Waals surface area contributed by atoms with Crippen LogP contribution in [0.25, 0.3) is 0 Å². The Hall–Kier alpha value is -1.09. The first-order valence-electron chi connectivity index (χ1n) is 5.37. The lowest BCUT2D eigenvalue weighted by Gasteiger charge is -2.14. The van der Waals surface area contributed by atoms with E-state index in [1.54, 1.807) is 31.2 Å². The summed E-state index contributed by atoms with van der Waals surface area (Å²) in [5.41, 5.74) is 1.72. The van der Waals surface area contributed by atoms with Gasteiger partial charge in [-0.1, -0.05) is 35.3 Å². The SMILES string of the molecule is Cc1cc(F)cc(C(O)c2ccc(Cl)cc2Cl)c1. The van der Waals surface area contributed by atoms with E-state index >= 15 is 0 Å². The van der Waals surface area contributed by atoms with Gasteiger partial charge in [-0.15, -0.1) is 0 Å². The van der Waals surface area contributed by atoms with Gasteiger partial charge >= 0.3 is 0 Å². The van der Waals surface area contributed by atoms with Crippen molar-refractivity contribution in [3.8, 4) is 0 Å². The van der Waals surface area contributed by atoms with E-state index in [-0.39, 0.29) is 5.82 Å². The maximum atomic E-state index is 13.3. The van der Waals surface area contributed by atoms with Crippen molar-refractivity contribution in [1.29, 1.82) is 0 Å². The average Bonchev–Trinajstić information content (AvgIpc) is 2.26. The number of aryl methyl sites for hydroxylation is 1. The lowest BCUT2D eigenvalue weighted by molar-refractivity contribution is 0.220. The quantitative estimate of drug-likeness (QED) is 0.860. The van der Waals surface area contributed by atoms with Crippen LogP contribution in [0.5, 0.6) is 0 Å². The van der Waals surface area contributed by atoms with Crippen LogP contribution in [0.15, 0.2) is 36.4 Å². The Morgan fingerprint density at radius 1 is 1.11 bits per heavy atom. The first kappa shape index (κ1) is 13.3. The molecule has 1 atom stereocenters. The summed E-state index contributed by atoms with van der Waals surface area (Å²) in [5.74, 6) is -0.380. The number of rotatable bonds is 2. The maximum absolute atomic E-state index is 13.3. The van der Waals surface area contributed by atoms with E-state index in [1.165, 1.54) is 12.1 Å². The van der Waals surface area contributed by atoms with E-state index < -0.39 is 6.10 Å². The minimum atomic E-state index is -0.968. The molecule has 1 nitrogen and oxygen atoms in total. The minimum absolute atomic E-state index is 0.358. The Morgan fingerprint density at radius 2 is 1.83 bits per heavy atom. The molecule has 1 N–H and O–H groups in total. The molecular formula is C14H11Cl2FO. The average molecular weight is 285 g/mol. The molecule has 0 saturated carbocycles. The van der Waals surface area contributed by atoms with Crippen molar-refractivity contribution >= 4 is 23.2 Å². The highest BCUT2D eigenvalue weighted by Crippen LogP contribution is 2.30. The zero-order valence-electron chi connectivity index (χ0n) is 9.62. The standard InChI is InChI=1S/C14H11Cl2FO/c1-8-4-9(6-11(17)5-8)14(18)12-3-2-10(15)7-13(12)16/h2-7,14,18H,1H3.